The molecule has 18 heavy (non-hydrogen) atoms. The van der Waals surface area contributed by atoms with E-state index >= 15 is 0 Å². The SMILES string of the molecule is CC(O)(CNC(=O)c1ccc(C#N)cc1)C1CC1. The Bertz CT molecular complexity index is 482. The Morgan fingerprint density at radius 2 is 2.11 bits per heavy atom. The van der Waals surface area contributed by atoms with E-state index in [1.54, 1.807) is 31.2 Å². The smallest absolute Gasteiger partial charge is 0.251 e. The first-order valence-electron chi connectivity index (χ1n) is 6.03. The molecule has 0 bridgehead atoms. The molecule has 2 N–H and O–H groups in total. The maximum atomic E-state index is 11.8. The van der Waals surface area contributed by atoms with Crippen LogP contribution in [-0.4, -0.2) is 23.2 Å². The predicted molar refractivity (Wildman–Crippen MR) is 66.8 cm³/mol. The lowest BCUT2D eigenvalue weighted by Crippen LogP contribution is -2.42. The summed E-state index contributed by atoms with van der Waals surface area (Å²) in [6, 6.07) is 8.43. The number of benzene rings is 1. The Morgan fingerprint density at radius 3 is 2.61 bits per heavy atom. The molecule has 0 heterocycles. The lowest BCUT2D eigenvalue weighted by molar-refractivity contribution is 0.0354. The van der Waals surface area contributed by atoms with Crippen molar-refractivity contribution in [2.24, 2.45) is 5.92 Å². The van der Waals surface area contributed by atoms with Crippen molar-refractivity contribution in [1.29, 1.82) is 5.26 Å². The Labute approximate surface area is 106 Å². The summed E-state index contributed by atoms with van der Waals surface area (Å²) < 4.78 is 0. The molecule has 1 aliphatic carbocycles. The standard InChI is InChI=1S/C14H16N2O2/c1-14(18,12-6-7-12)9-16-13(17)11-4-2-10(8-15)3-5-11/h2-5,12,18H,6-7,9H2,1H3,(H,16,17). The van der Waals surface area contributed by atoms with Gasteiger partial charge in [0.05, 0.1) is 17.2 Å². The first-order chi connectivity index (χ1) is 8.53. The molecule has 0 radical (unpaired) electrons. The second-order valence-corrected chi connectivity index (χ2v) is 5.00. The molecule has 2 rings (SSSR count). The Balaban J connectivity index is 1.93. The fourth-order valence-corrected chi connectivity index (χ4v) is 1.91. The average molecular weight is 244 g/mol. The summed E-state index contributed by atoms with van der Waals surface area (Å²) in [7, 11) is 0. The molecule has 1 aromatic carbocycles. The molecule has 0 aliphatic heterocycles. The van der Waals surface area contributed by atoms with E-state index in [0.29, 0.717) is 17.0 Å². The molecule has 1 aliphatic rings. The molecular formula is C14H16N2O2. The van der Waals surface area contributed by atoms with Crippen molar-refractivity contribution in [3.05, 3.63) is 35.4 Å². The van der Waals surface area contributed by atoms with Gasteiger partial charge in [-0.15, -0.1) is 0 Å². The van der Waals surface area contributed by atoms with Gasteiger partial charge in [0.2, 0.25) is 0 Å². The van der Waals surface area contributed by atoms with E-state index in [1.165, 1.54) is 0 Å². The minimum atomic E-state index is -0.817. The van der Waals surface area contributed by atoms with Crippen LogP contribution in [0.3, 0.4) is 0 Å². The number of nitrogens with zero attached hydrogens (tertiary/aromatic N) is 1. The van der Waals surface area contributed by atoms with E-state index in [9.17, 15) is 9.90 Å². The maximum absolute atomic E-state index is 11.8. The van der Waals surface area contributed by atoms with Gasteiger partial charge in [-0.25, -0.2) is 0 Å². The largest absolute Gasteiger partial charge is 0.388 e. The summed E-state index contributed by atoms with van der Waals surface area (Å²) in [5.74, 6) is 0.0826. The summed E-state index contributed by atoms with van der Waals surface area (Å²) in [5, 5.41) is 21.5. The average Bonchev–Trinajstić information content (AvgIpc) is 3.21. The van der Waals surface area contributed by atoms with Gasteiger partial charge in [-0.3, -0.25) is 4.79 Å². The van der Waals surface area contributed by atoms with Gasteiger partial charge in [-0.05, 0) is 49.9 Å². The van der Waals surface area contributed by atoms with Crippen LogP contribution < -0.4 is 5.32 Å². The van der Waals surface area contributed by atoms with E-state index in [0.717, 1.165) is 12.8 Å². The monoisotopic (exact) mass is 244 g/mol. The van der Waals surface area contributed by atoms with Crippen molar-refractivity contribution < 1.29 is 9.90 Å². The topological polar surface area (TPSA) is 73.1 Å². The van der Waals surface area contributed by atoms with Crippen LogP contribution in [0, 0.1) is 17.2 Å². The van der Waals surface area contributed by atoms with Crippen LogP contribution in [0.15, 0.2) is 24.3 Å². The Morgan fingerprint density at radius 1 is 1.50 bits per heavy atom. The van der Waals surface area contributed by atoms with Gasteiger partial charge >= 0.3 is 0 Å². The molecule has 1 saturated carbocycles. The van der Waals surface area contributed by atoms with Crippen molar-refractivity contribution in [3.63, 3.8) is 0 Å². The second kappa shape index (κ2) is 4.79. The molecule has 94 valence electrons. The summed E-state index contributed by atoms with van der Waals surface area (Å²) in [4.78, 5) is 11.8. The van der Waals surface area contributed by atoms with Gasteiger partial charge in [-0.1, -0.05) is 0 Å². The second-order valence-electron chi connectivity index (χ2n) is 5.00. The number of aliphatic hydroxyl groups is 1. The van der Waals surface area contributed by atoms with Gasteiger partial charge in [0.25, 0.3) is 5.91 Å². The van der Waals surface area contributed by atoms with Crippen LogP contribution in [0.2, 0.25) is 0 Å². The highest BCUT2D eigenvalue weighted by molar-refractivity contribution is 5.94. The van der Waals surface area contributed by atoms with Gasteiger partial charge in [0.1, 0.15) is 0 Å². The van der Waals surface area contributed by atoms with E-state index in [2.05, 4.69) is 5.32 Å². The van der Waals surface area contributed by atoms with Crippen molar-refractivity contribution in [1.82, 2.24) is 5.32 Å². The fourth-order valence-electron chi connectivity index (χ4n) is 1.91. The number of hydrogen-bond donors (Lipinski definition) is 2. The number of carbonyl (C=O) groups is 1. The summed E-state index contributed by atoms with van der Waals surface area (Å²) in [6.45, 7) is 2.01. The molecule has 1 fully saturated rings. The zero-order chi connectivity index (χ0) is 13.2. The number of nitrogens with one attached hydrogen (secondary N) is 1. The molecule has 0 aromatic heterocycles. The number of rotatable bonds is 4. The lowest BCUT2D eigenvalue weighted by atomic mass is 10.0. The van der Waals surface area contributed by atoms with Crippen LogP contribution in [0.25, 0.3) is 0 Å². The normalized spacial score (nSPS) is 17.6. The van der Waals surface area contributed by atoms with Crippen molar-refractivity contribution in [2.75, 3.05) is 6.54 Å². The zero-order valence-electron chi connectivity index (χ0n) is 10.3. The van der Waals surface area contributed by atoms with E-state index in [1.807, 2.05) is 6.07 Å². The van der Waals surface area contributed by atoms with E-state index < -0.39 is 5.60 Å². The van der Waals surface area contributed by atoms with E-state index in [4.69, 9.17) is 5.26 Å². The summed E-state index contributed by atoms with van der Waals surface area (Å²) in [6.07, 6.45) is 2.06. The van der Waals surface area contributed by atoms with Crippen molar-refractivity contribution in [3.8, 4) is 6.07 Å². The van der Waals surface area contributed by atoms with Gasteiger partial charge < -0.3 is 10.4 Å². The van der Waals surface area contributed by atoms with Gasteiger partial charge in [0, 0.05) is 12.1 Å². The third-order valence-electron chi connectivity index (χ3n) is 3.34. The number of hydrogen-bond acceptors (Lipinski definition) is 3. The molecule has 0 spiro atoms. The first-order valence-corrected chi connectivity index (χ1v) is 6.03. The Kier molecular flexibility index (Phi) is 3.35. The van der Waals surface area contributed by atoms with Gasteiger partial charge in [-0.2, -0.15) is 5.26 Å². The minimum Gasteiger partial charge on any atom is -0.388 e. The zero-order valence-corrected chi connectivity index (χ0v) is 10.3. The number of nitriles is 1. The van der Waals surface area contributed by atoms with Crippen LogP contribution in [-0.2, 0) is 0 Å². The van der Waals surface area contributed by atoms with Crippen LogP contribution in [0.4, 0.5) is 0 Å². The fraction of sp³-hybridized carbons (Fsp3) is 0.429. The molecule has 1 amide bonds. The molecular weight excluding hydrogens is 228 g/mol. The molecule has 4 heteroatoms. The maximum Gasteiger partial charge on any atom is 0.251 e. The van der Waals surface area contributed by atoms with Crippen LogP contribution >= 0.6 is 0 Å². The molecule has 1 atom stereocenters. The lowest BCUT2D eigenvalue weighted by Gasteiger charge is -2.23. The summed E-state index contributed by atoms with van der Waals surface area (Å²) in [5.41, 5.74) is 0.208. The highest BCUT2D eigenvalue weighted by Gasteiger charge is 2.39. The molecule has 4 nitrogen and oxygen atoms in total. The minimum absolute atomic E-state index is 0.222. The first kappa shape index (κ1) is 12.6. The highest BCUT2D eigenvalue weighted by Crippen LogP contribution is 2.38. The van der Waals surface area contributed by atoms with Crippen LogP contribution in [0.5, 0.6) is 0 Å². The highest BCUT2D eigenvalue weighted by atomic mass is 16.3. The molecule has 1 unspecified atom stereocenters. The number of carbonyl (C=O) groups excluding carboxylic acids is 1. The van der Waals surface area contributed by atoms with E-state index in [-0.39, 0.29) is 12.5 Å². The van der Waals surface area contributed by atoms with Crippen molar-refractivity contribution in [2.45, 2.75) is 25.4 Å². The molecule has 1 aromatic rings. The third kappa shape index (κ3) is 2.88. The number of amides is 1. The summed E-state index contributed by atoms with van der Waals surface area (Å²) >= 11 is 0. The molecule has 0 saturated heterocycles. The predicted octanol–water partition coefficient (Wildman–Crippen LogP) is 1.45. The Hall–Kier alpha value is -1.86. The van der Waals surface area contributed by atoms with Crippen molar-refractivity contribution >= 4 is 5.91 Å². The van der Waals surface area contributed by atoms with Gasteiger partial charge in [0.15, 0.2) is 0 Å². The third-order valence-corrected chi connectivity index (χ3v) is 3.34. The van der Waals surface area contributed by atoms with Crippen LogP contribution in [0.1, 0.15) is 35.7 Å². The quantitative estimate of drug-likeness (QED) is 0.842.